The molecule has 0 aliphatic rings. The summed E-state index contributed by atoms with van der Waals surface area (Å²) in [6, 6.07) is 11.7. The van der Waals surface area contributed by atoms with Gasteiger partial charge in [0, 0.05) is 17.8 Å². The van der Waals surface area contributed by atoms with Gasteiger partial charge in [-0.05, 0) is 48.4 Å². The molecular weight excluding hydrogens is 380 g/mol. The Labute approximate surface area is 165 Å². The Hall–Kier alpha value is -3.27. The van der Waals surface area contributed by atoms with E-state index in [-0.39, 0.29) is 11.6 Å². The number of thioether (sulfide) groups is 1. The molecule has 3 rings (SSSR count). The van der Waals surface area contributed by atoms with E-state index in [0.29, 0.717) is 10.8 Å². The van der Waals surface area contributed by atoms with Gasteiger partial charge in [0.15, 0.2) is 0 Å². The number of anilines is 1. The van der Waals surface area contributed by atoms with Crippen LogP contribution in [0.15, 0.2) is 47.6 Å². The molecule has 2 aromatic carbocycles. The molecule has 10 heteroatoms. The number of nitrogens with zero attached hydrogens (tertiary/aromatic N) is 5. The highest BCUT2D eigenvalue weighted by Crippen LogP contribution is 2.27. The van der Waals surface area contributed by atoms with Gasteiger partial charge in [-0.25, -0.2) is 0 Å². The summed E-state index contributed by atoms with van der Waals surface area (Å²) in [5.41, 5.74) is 3.19. The largest absolute Gasteiger partial charge is 0.325 e. The molecule has 1 heterocycles. The second kappa shape index (κ2) is 8.17. The average Bonchev–Trinajstić information content (AvgIpc) is 3.09. The van der Waals surface area contributed by atoms with E-state index in [1.807, 2.05) is 32.0 Å². The number of carbonyl (C=O) groups is 1. The van der Waals surface area contributed by atoms with Crippen molar-refractivity contribution < 1.29 is 9.72 Å². The van der Waals surface area contributed by atoms with Crippen LogP contribution in [0.1, 0.15) is 18.1 Å². The summed E-state index contributed by atoms with van der Waals surface area (Å²) in [6.45, 7) is 5.66. The van der Waals surface area contributed by atoms with E-state index in [4.69, 9.17) is 0 Å². The quantitative estimate of drug-likeness (QED) is 0.385. The Morgan fingerprint density at radius 1 is 1.21 bits per heavy atom. The maximum Gasteiger partial charge on any atom is 0.271 e. The number of tetrazole rings is 1. The number of aromatic nitrogens is 4. The molecule has 0 aliphatic heterocycles. The number of carbonyl (C=O) groups excluding carboxylic acids is 1. The summed E-state index contributed by atoms with van der Waals surface area (Å²) < 4.78 is 1.62. The van der Waals surface area contributed by atoms with E-state index in [2.05, 4.69) is 20.8 Å². The van der Waals surface area contributed by atoms with Gasteiger partial charge in [-0.2, -0.15) is 4.68 Å². The first kappa shape index (κ1) is 19.5. The first-order valence-electron chi connectivity index (χ1n) is 8.43. The van der Waals surface area contributed by atoms with Crippen LogP contribution >= 0.6 is 11.8 Å². The van der Waals surface area contributed by atoms with Gasteiger partial charge in [-0.1, -0.05) is 36.0 Å². The van der Waals surface area contributed by atoms with Crippen LogP contribution in [0.3, 0.4) is 0 Å². The lowest BCUT2D eigenvalue weighted by molar-refractivity contribution is -0.384. The predicted octanol–water partition coefficient (Wildman–Crippen LogP) is 3.31. The monoisotopic (exact) mass is 398 g/mol. The van der Waals surface area contributed by atoms with Crippen LogP contribution in [0, 0.1) is 24.0 Å². The van der Waals surface area contributed by atoms with Gasteiger partial charge in [-0.3, -0.25) is 14.9 Å². The van der Waals surface area contributed by atoms with Crippen LogP contribution in [0.25, 0.3) is 5.69 Å². The SMILES string of the molecule is Cc1cccc(C)c1-n1nnnc1SC(C)C(=O)Nc1cccc([N+](=O)[O-])c1. The van der Waals surface area contributed by atoms with E-state index in [0.717, 1.165) is 16.8 Å². The van der Waals surface area contributed by atoms with Crippen molar-refractivity contribution in [3.63, 3.8) is 0 Å². The summed E-state index contributed by atoms with van der Waals surface area (Å²) >= 11 is 1.21. The standard InChI is InChI=1S/C18H18N6O3S/c1-11-6-4-7-12(2)16(11)23-18(20-21-22-23)28-13(3)17(25)19-14-8-5-9-15(10-14)24(26)27/h4-10,13H,1-3H3,(H,19,25). The fourth-order valence-corrected chi connectivity index (χ4v) is 3.48. The fourth-order valence-electron chi connectivity index (χ4n) is 2.69. The minimum Gasteiger partial charge on any atom is -0.325 e. The fraction of sp³-hybridized carbons (Fsp3) is 0.222. The van der Waals surface area contributed by atoms with E-state index in [1.54, 1.807) is 17.7 Å². The summed E-state index contributed by atoms with van der Waals surface area (Å²) in [7, 11) is 0. The molecule has 28 heavy (non-hydrogen) atoms. The van der Waals surface area contributed by atoms with Crippen molar-refractivity contribution in [3.05, 3.63) is 63.7 Å². The normalized spacial score (nSPS) is 11.8. The number of aryl methyl sites for hydroxylation is 2. The molecule has 0 bridgehead atoms. The van der Waals surface area contributed by atoms with Crippen molar-refractivity contribution in [1.29, 1.82) is 0 Å². The van der Waals surface area contributed by atoms with Gasteiger partial charge in [0.2, 0.25) is 11.1 Å². The molecule has 1 aromatic heterocycles. The number of non-ortho nitro benzene ring substituents is 1. The van der Waals surface area contributed by atoms with E-state index >= 15 is 0 Å². The molecule has 1 amide bonds. The number of para-hydroxylation sites is 1. The summed E-state index contributed by atoms with van der Waals surface area (Å²) in [6.07, 6.45) is 0. The number of nitro benzene ring substituents is 1. The Bertz CT molecular complexity index is 1020. The van der Waals surface area contributed by atoms with Crippen LogP contribution in [0.2, 0.25) is 0 Å². The number of hydrogen-bond donors (Lipinski definition) is 1. The molecule has 9 nitrogen and oxygen atoms in total. The second-order valence-corrected chi connectivity index (χ2v) is 7.48. The number of nitrogens with one attached hydrogen (secondary N) is 1. The van der Waals surface area contributed by atoms with Crippen LogP contribution in [-0.4, -0.2) is 36.3 Å². The molecule has 3 aromatic rings. The lowest BCUT2D eigenvalue weighted by Crippen LogP contribution is -2.23. The first-order chi connectivity index (χ1) is 13.4. The minimum atomic E-state index is -0.520. The molecule has 0 spiro atoms. The Kier molecular flexibility index (Phi) is 5.69. The third-order valence-corrected chi connectivity index (χ3v) is 5.10. The molecule has 1 atom stereocenters. The minimum absolute atomic E-state index is 0.0860. The Morgan fingerprint density at radius 3 is 2.57 bits per heavy atom. The summed E-state index contributed by atoms with van der Waals surface area (Å²) in [5, 5.41) is 25.4. The van der Waals surface area contributed by atoms with Crippen molar-refractivity contribution in [2.24, 2.45) is 0 Å². The van der Waals surface area contributed by atoms with Crippen LogP contribution in [0.5, 0.6) is 0 Å². The third kappa shape index (κ3) is 4.17. The van der Waals surface area contributed by atoms with E-state index in [1.165, 1.54) is 30.0 Å². The molecule has 0 saturated heterocycles. The number of amides is 1. The third-order valence-electron chi connectivity index (χ3n) is 4.07. The van der Waals surface area contributed by atoms with Crippen molar-refractivity contribution in [2.45, 2.75) is 31.2 Å². The lowest BCUT2D eigenvalue weighted by atomic mass is 10.1. The number of benzene rings is 2. The Morgan fingerprint density at radius 2 is 1.89 bits per heavy atom. The molecule has 144 valence electrons. The maximum absolute atomic E-state index is 12.5. The zero-order chi connectivity index (χ0) is 20.3. The van der Waals surface area contributed by atoms with Crippen LogP contribution < -0.4 is 5.32 Å². The van der Waals surface area contributed by atoms with Gasteiger partial charge < -0.3 is 5.32 Å². The van der Waals surface area contributed by atoms with Gasteiger partial charge in [0.25, 0.3) is 5.69 Å². The van der Waals surface area contributed by atoms with Crippen LogP contribution in [0.4, 0.5) is 11.4 Å². The molecule has 0 aliphatic carbocycles. The van der Waals surface area contributed by atoms with Crippen molar-refractivity contribution in [3.8, 4) is 5.69 Å². The van der Waals surface area contributed by atoms with Crippen LogP contribution in [-0.2, 0) is 4.79 Å². The molecule has 0 fully saturated rings. The topological polar surface area (TPSA) is 116 Å². The van der Waals surface area contributed by atoms with Crippen molar-refractivity contribution in [1.82, 2.24) is 20.2 Å². The number of nitro groups is 1. The predicted molar refractivity (Wildman–Crippen MR) is 106 cm³/mol. The van der Waals surface area contributed by atoms with Crippen molar-refractivity contribution >= 4 is 29.0 Å². The number of rotatable bonds is 6. The molecule has 1 unspecified atom stereocenters. The van der Waals surface area contributed by atoms with E-state index < -0.39 is 10.2 Å². The number of hydrogen-bond acceptors (Lipinski definition) is 7. The maximum atomic E-state index is 12.5. The molecule has 0 saturated carbocycles. The highest BCUT2D eigenvalue weighted by molar-refractivity contribution is 8.00. The van der Waals surface area contributed by atoms with Gasteiger partial charge in [-0.15, -0.1) is 5.10 Å². The van der Waals surface area contributed by atoms with Gasteiger partial charge in [0.1, 0.15) is 0 Å². The van der Waals surface area contributed by atoms with E-state index in [9.17, 15) is 14.9 Å². The van der Waals surface area contributed by atoms with Gasteiger partial charge in [0.05, 0.1) is 15.9 Å². The first-order valence-corrected chi connectivity index (χ1v) is 9.31. The molecule has 1 N–H and O–H groups in total. The second-order valence-electron chi connectivity index (χ2n) is 6.17. The molecular formula is C18H18N6O3S. The van der Waals surface area contributed by atoms with Crippen molar-refractivity contribution in [2.75, 3.05) is 5.32 Å². The molecule has 0 radical (unpaired) electrons. The zero-order valence-electron chi connectivity index (χ0n) is 15.5. The average molecular weight is 398 g/mol. The summed E-state index contributed by atoms with van der Waals surface area (Å²) in [5.74, 6) is -0.304. The highest BCUT2D eigenvalue weighted by Gasteiger charge is 2.21. The Balaban J connectivity index is 1.76. The lowest BCUT2D eigenvalue weighted by Gasteiger charge is -2.13. The smallest absolute Gasteiger partial charge is 0.271 e. The summed E-state index contributed by atoms with van der Waals surface area (Å²) in [4.78, 5) is 22.9. The zero-order valence-corrected chi connectivity index (χ0v) is 16.3. The van der Waals surface area contributed by atoms with Gasteiger partial charge >= 0.3 is 0 Å². The highest BCUT2D eigenvalue weighted by atomic mass is 32.2.